The molecule has 0 saturated carbocycles. The van der Waals surface area contributed by atoms with E-state index in [0.717, 1.165) is 35.5 Å². The van der Waals surface area contributed by atoms with Crippen LogP contribution in [0.5, 0.6) is 0 Å². The van der Waals surface area contributed by atoms with Crippen LogP contribution in [0.4, 0.5) is 0 Å². The van der Waals surface area contributed by atoms with Gasteiger partial charge in [-0.25, -0.2) is 4.98 Å². The van der Waals surface area contributed by atoms with Crippen molar-refractivity contribution in [3.05, 3.63) is 21.7 Å². The van der Waals surface area contributed by atoms with Crippen LogP contribution < -0.4 is 0 Å². The first-order chi connectivity index (χ1) is 17.0. The molecule has 4 rings (SSSR count). The number of hydrogen-bond acceptors (Lipinski definition) is 9. The Labute approximate surface area is 217 Å². The quantitative estimate of drug-likeness (QED) is 0.454. The molecular formula is C27H39NO7S. The first kappa shape index (κ1) is 27.4. The minimum absolute atomic E-state index is 0.00740. The molecule has 0 spiro atoms. The first-order valence-electron chi connectivity index (χ1n) is 13.0. The SMILES string of the molecule is CC(=Cc1csc(C2CO2)n1)[C@H]1C[C@@H]2O[C@H]2CCC[C@@H](C)[C@@H](O)[C@H](C)C(=O)C(C)(C)[C@H](O)CC(=O)O1. The van der Waals surface area contributed by atoms with E-state index in [0.29, 0.717) is 13.0 Å². The lowest BCUT2D eigenvalue weighted by Crippen LogP contribution is -2.45. The van der Waals surface area contributed by atoms with Gasteiger partial charge in [0.05, 0.1) is 48.6 Å². The molecule has 1 aromatic rings. The number of carbonyl (C=O) groups is 2. The third-order valence-corrected chi connectivity index (χ3v) is 8.88. The highest BCUT2D eigenvalue weighted by Gasteiger charge is 2.44. The fourth-order valence-corrected chi connectivity index (χ4v) is 5.85. The molecule has 1 unspecified atom stereocenters. The highest BCUT2D eigenvalue weighted by Crippen LogP contribution is 2.37. The number of carbonyl (C=O) groups excluding carboxylic acids is 2. The van der Waals surface area contributed by atoms with Crippen LogP contribution in [-0.2, 0) is 23.8 Å². The summed E-state index contributed by atoms with van der Waals surface area (Å²) in [5, 5.41) is 24.6. The van der Waals surface area contributed by atoms with E-state index in [4.69, 9.17) is 14.2 Å². The number of Topliss-reactive ketones (excluding diaryl/α,β-unsaturated/α-hetero) is 1. The van der Waals surface area contributed by atoms with E-state index in [1.807, 2.05) is 25.3 Å². The summed E-state index contributed by atoms with van der Waals surface area (Å²) in [4.78, 5) is 30.7. The first-order valence-corrected chi connectivity index (χ1v) is 13.9. The second-order valence-corrected chi connectivity index (χ2v) is 12.1. The molecule has 4 heterocycles. The molecule has 3 fully saturated rings. The zero-order valence-corrected chi connectivity index (χ0v) is 22.6. The van der Waals surface area contributed by atoms with Gasteiger partial charge in [0.25, 0.3) is 0 Å². The molecule has 3 aliphatic heterocycles. The number of fused-ring (bicyclic) bond motifs is 1. The summed E-state index contributed by atoms with van der Waals surface area (Å²) in [6, 6.07) is 0. The molecule has 3 aliphatic rings. The third-order valence-electron chi connectivity index (χ3n) is 7.92. The predicted octanol–water partition coefficient (Wildman–Crippen LogP) is 3.85. The lowest BCUT2D eigenvalue weighted by molar-refractivity contribution is -0.154. The number of aliphatic hydroxyl groups excluding tert-OH is 2. The van der Waals surface area contributed by atoms with Crippen LogP contribution in [-0.4, -0.2) is 64.1 Å². The number of thiazole rings is 1. The van der Waals surface area contributed by atoms with Crippen LogP contribution in [0.15, 0.2) is 11.0 Å². The Bertz CT molecular complexity index is 985. The Kier molecular flexibility index (Phi) is 8.36. The zero-order chi connectivity index (χ0) is 26.2. The molecule has 36 heavy (non-hydrogen) atoms. The summed E-state index contributed by atoms with van der Waals surface area (Å²) in [6.45, 7) is 9.51. The number of hydrogen-bond donors (Lipinski definition) is 2. The minimum Gasteiger partial charge on any atom is -0.458 e. The number of esters is 1. The number of rotatable bonds is 3. The molecule has 0 amide bonds. The molecule has 0 aliphatic carbocycles. The van der Waals surface area contributed by atoms with Crippen molar-refractivity contribution in [2.75, 3.05) is 6.61 Å². The summed E-state index contributed by atoms with van der Waals surface area (Å²) in [5.74, 6) is -1.54. The second-order valence-electron chi connectivity index (χ2n) is 11.2. The Morgan fingerprint density at radius 2 is 1.92 bits per heavy atom. The van der Waals surface area contributed by atoms with E-state index in [1.165, 1.54) is 0 Å². The number of aromatic nitrogens is 1. The van der Waals surface area contributed by atoms with Gasteiger partial charge in [-0.05, 0) is 37.3 Å². The molecule has 3 saturated heterocycles. The van der Waals surface area contributed by atoms with Crippen LogP contribution >= 0.6 is 11.3 Å². The van der Waals surface area contributed by atoms with Crippen LogP contribution in [0.3, 0.4) is 0 Å². The van der Waals surface area contributed by atoms with Crippen molar-refractivity contribution in [2.45, 2.75) is 103 Å². The van der Waals surface area contributed by atoms with E-state index in [2.05, 4.69) is 4.98 Å². The predicted molar refractivity (Wildman–Crippen MR) is 135 cm³/mol. The van der Waals surface area contributed by atoms with Crippen molar-refractivity contribution in [1.29, 1.82) is 0 Å². The number of epoxide rings is 2. The number of aliphatic hydroxyl groups is 2. The van der Waals surface area contributed by atoms with Crippen molar-refractivity contribution in [2.24, 2.45) is 17.3 Å². The molecule has 9 heteroatoms. The zero-order valence-electron chi connectivity index (χ0n) is 21.8. The largest absolute Gasteiger partial charge is 0.458 e. The van der Waals surface area contributed by atoms with Gasteiger partial charge in [-0.1, -0.05) is 34.1 Å². The highest BCUT2D eigenvalue weighted by atomic mass is 32.1. The third kappa shape index (κ3) is 6.42. The lowest BCUT2D eigenvalue weighted by atomic mass is 9.73. The summed E-state index contributed by atoms with van der Waals surface area (Å²) >= 11 is 1.55. The maximum atomic E-state index is 13.2. The monoisotopic (exact) mass is 521 g/mol. The van der Waals surface area contributed by atoms with Crippen LogP contribution in [0, 0.1) is 17.3 Å². The minimum atomic E-state index is -1.23. The van der Waals surface area contributed by atoms with Gasteiger partial charge in [-0.3, -0.25) is 9.59 Å². The molecule has 1 aromatic heterocycles. The van der Waals surface area contributed by atoms with E-state index < -0.39 is 35.6 Å². The van der Waals surface area contributed by atoms with Crippen LogP contribution in [0.25, 0.3) is 6.08 Å². The summed E-state index contributed by atoms with van der Waals surface area (Å²) in [6.07, 6.45) is 2.26. The van der Waals surface area contributed by atoms with Crippen molar-refractivity contribution in [3.8, 4) is 0 Å². The number of ether oxygens (including phenoxy) is 3. The van der Waals surface area contributed by atoms with E-state index in [9.17, 15) is 19.8 Å². The van der Waals surface area contributed by atoms with Gasteiger partial charge in [0.1, 0.15) is 23.0 Å². The summed E-state index contributed by atoms with van der Waals surface area (Å²) < 4.78 is 17.1. The fraction of sp³-hybridized carbons (Fsp3) is 0.741. The molecular weight excluding hydrogens is 482 g/mol. The average Bonchev–Trinajstić information content (AvgIpc) is 3.75. The number of cyclic esters (lactones) is 1. The van der Waals surface area contributed by atoms with E-state index >= 15 is 0 Å². The summed E-state index contributed by atoms with van der Waals surface area (Å²) in [5.41, 5.74) is 0.443. The Morgan fingerprint density at radius 3 is 2.61 bits per heavy atom. The normalized spacial score (nSPS) is 38.2. The van der Waals surface area contributed by atoms with Gasteiger partial charge >= 0.3 is 5.97 Å². The fourth-order valence-electron chi connectivity index (χ4n) is 5.04. The maximum absolute atomic E-state index is 13.2. The van der Waals surface area contributed by atoms with Crippen LogP contribution in [0.2, 0.25) is 0 Å². The summed E-state index contributed by atoms with van der Waals surface area (Å²) in [7, 11) is 0. The second kappa shape index (κ2) is 11.0. The van der Waals surface area contributed by atoms with Gasteiger partial charge in [0, 0.05) is 17.7 Å². The Morgan fingerprint density at radius 1 is 1.19 bits per heavy atom. The van der Waals surface area contributed by atoms with Crippen molar-refractivity contribution < 1.29 is 34.0 Å². The molecule has 2 N–H and O–H groups in total. The molecule has 8 atom stereocenters. The number of ketones is 1. The van der Waals surface area contributed by atoms with E-state index in [-0.39, 0.29) is 36.4 Å². The average molecular weight is 522 g/mol. The van der Waals surface area contributed by atoms with Crippen LogP contribution in [0.1, 0.15) is 83.5 Å². The lowest BCUT2D eigenvalue weighted by Gasteiger charge is -2.34. The Hall–Kier alpha value is -1.65. The van der Waals surface area contributed by atoms with Gasteiger partial charge in [-0.2, -0.15) is 0 Å². The van der Waals surface area contributed by atoms with E-state index in [1.54, 1.807) is 32.1 Å². The van der Waals surface area contributed by atoms with Crippen molar-refractivity contribution in [3.63, 3.8) is 0 Å². The van der Waals surface area contributed by atoms with Gasteiger partial charge in [0.15, 0.2) is 0 Å². The van der Waals surface area contributed by atoms with Gasteiger partial charge in [0.2, 0.25) is 0 Å². The van der Waals surface area contributed by atoms with Crippen molar-refractivity contribution in [1.82, 2.24) is 4.98 Å². The van der Waals surface area contributed by atoms with Gasteiger partial charge in [-0.15, -0.1) is 11.3 Å². The maximum Gasteiger partial charge on any atom is 0.309 e. The topological polar surface area (TPSA) is 122 Å². The smallest absolute Gasteiger partial charge is 0.309 e. The van der Waals surface area contributed by atoms with Crippen molar-refractivity contribution >= 4 is 29.2 Å². The number of nitrogens with zero attached hydrogens (tertiary/aromatic N) is 1. The Balaban J connectivity index is 1.52. The molecule has 0 aromatic carbocycles. The highest BCUT2D eigenvalue weighted by molar-refractivity contribution is 7.09. The standard InChI is InChI=1S/C27H39NO7S/c1-14-7-6-8-18-20(34-18)10-19(15(2)9-17-13-36-26(28-17)21-12-33-21)35-23(30)11-22(29)27(4,5)25(32)16(3)24(14)31/h9,13-14,16,18-22,24,29,31H,6-8,10-12H2,1-5H3/t14-,16+,18+,19-,20+,21?,22-,24-/m1/s1. The molecule has 8 nitrogen and oxygen atoms in total. The molecule has 0 bridgehead atoms. The molecule has 200 valence electrons. The molecule has 0 radical (unpaired) electrons. The van der Waals surface area contributed by atoms with Gasteiger partial charge < -0.3 is 24.4 Å².